The van der Waals surface area contributed by atoms with Gasteiger partial charge in [-0.05, 0) is 42.0 Å². The summed E-state index contributed by atoms with van der Waals surface area (Å²) in [6.07, 6.45) is -2.35. The Kier molecular flexibility index (Phi) is 5.70. The Morgan fingerprint density at radius 2 is 2.00 bits per heavy atom. The molecule has 0 N–H and O–H groups in total. The second-order valence-corrected chi connectivity index (χ2v) is 7.86. The molecule has 2 aliphatic rings. The van der Waals surface area contributed by atoms with E-state index in [1.807, 2.05) is 0 Å². The Balaban J connectivity index is 1.83. The summed E-state index contributed by atoms with van der Waals surface area (Å²) in [5.41, 5.74) is 1.90. The number of rotatable bonds is 5. The maximum Gasteiger partial charge on any atom is 0.422 e. The Labute approximate surface area is 157 Å². The molecule has 0 aromatic heterocycles. The van der Waals surface area contributed by atoms with Gasteiger partial charge in [-0.2, -0.15) is 13.2 Å². The van der Waals surface area contributed by atoms with Crippen LogP contribution in [0, 0.1) is 11.8 Å². The molecular formula is C20H26F3NO3. The first kappa shape index (κ1) is 20.0. The number of benzene rings is 1. The van der Waals surface area contributed by atoms with Gasteiger partial charge in [-0.1, -0.05) is 13.8 Å². The smallest absolute Gasteiger partial charge is 0.422 e. The van der Waals surface area contributed by atoms with Gasteiger partial charge < -0.3 is 9.47 Å². The maximum absolute atomic E-state index is 12.6. The van der Waals surface area contributed by atoms with Crippen LogP contribution in [0.4, 0.5) is 13.2 Å². The van der Waals surface area contributed by atoms with E-state index in [9.17, 15) is 18.0 Å². The van der Waals surface area contributed by atoms with Gasteiger partial charge >= 0.3 is 6.18 Å². The maximum atomic E-state index is 12.6. The number of Topliss-reactive ketones (excluding diaryl/α,β-unsaturated/α-hetero) is 1. The van der Waals surface area contributed by atoms with Gasteiger partial charge in [0.15, 0.2) is 18.1 Å². The normalized spacial score (nSPS) is 23.1. The largest absolute Gasteiger partial charge is 0.493 e. The van der Waals surface area contributed by atoms with Crippen molar-refractivity contribution in [3.8, 4) is 11.5 Å². The number of alkyl halides is 3. The van der Waals surface area contributed by atoms with Gasteiger partial charge in [0.05, 0.1) is 7.11 Å². The fourth-order valence-electron chi connectivity index (χ4n) is 4.17. The minimum Gasteiger partial charge on any atom is -0.493 e. The van der Waals surface area contributed by atoms with Crippen molar-refractivity contribution in [2.75, 3.05) is 26.8 Å². The van der Waals surface area contributed by atoms with Gasteiger partial charge in [0.2, 0.25) is 0 Å². The number of halogens is 3. The van der Waals surface area contributed by atoms with E-state index in [-0.39, 0.29) is 29.2 Å². The topological polar surface area (TPSA) is 38.8 Å². The van der Waals surface area contributed by atoms with Crippen molar-refractivity contribution in [2.45, 2.75) is 45.3 Å². The molecule has 1 aromatic carbocycles. The zero-order chi connectivity index (χ0) is 19.8. The SMILES string of the molecule is COc1cc2c(cc1OCC(F)(F)F)CCN1CC(CC(C)C)C(=O)CC21. The molecule has 3 rings (SSSR count). The van der Waals surface area contributed by atoms with Crippen molar-refractivity contribution < 1.29 is 27.4 Å². The lowest BCUT2D eigenvalue weighted by Gasteiger charge is -2.43. The molecule has 4 nitrogen and oxygen atoms in total. The molecule has 1 fully saturated rings. The first-order valence-corrected chi connectivity index (χ1v) is 9.35. The molecule has 0 bridgehead atoms. The van der Waals surface area contributed by atoms with Crippen LogP contribution in [0.2, 0.25) is 0 Å². The van der Waals surface area contributed by atoms with Crippen LogP contribution in [-0.4, -0.2) is 43.7 Å². The summed E-state index contributed by atoms with van der Waals surface area (Å²) in [5, 5.41) is 0. The second kappa shape index (κ2) is 7.70. The van der Waals surface area contributed by atoms with E-state index < -0.39 is 12.8 Å². The minimum absolute atomic E-state index is 0.0322. The summed E-state index contributed by atoms with van der Waals surface area (Å²) >= 11 is 0. The zero-order valence-electron chi connectivity index (χ0n) is 15.9. The van der Waals surface area contributed by atoms with Crippen LogP contribution in [0.5, 0.6) is 11.5 Å². The van der Waals surface area contributed by atoms with E-state index >= 15 is 0 Å². The van der Waals surface area contributed by atoms with Gasteiger partial charge in [-0.25, -0.2) is 0 Å². The molecule has 0 radical (unpaired) electrons. The van der Waals surface area contributed by atoms with Crippen LogP contribution in [0.25, 0.3) is 0 Å². The van der Waals surface area contributed by atoms with Gasteiger partial charge in [-0.15, -0.1) is 0 Å². The van der Waals surface area contributed by atoms with Crippen LogP contribution in [0.3, 0.4) is 0 Å². The lowest BCUT2D eigenvalue weighted by Crippen LogP contribution is -2.46. The van der Waals surface area contributed by atoms with E-state index in [2.05, 4.69) is 18.7 Å². The van der Waals surface area contributed by atoms with E-state index in [1.165, 1.54) is 7.11 Å². The van der Waals surface area contributed by atoms with E-state index in [4.69, 9.17) is 9.47 Å². The predicted molar refractivity (Wildman–Crippen MR) is 95.1 cm³/mol. The summed E-state index contributed by atoms with van der Waals surface area (Å²) in [5.74, 6) is 1.19. The van der Waals surface area contributed by atoms with Gasteiger partial charge in [0, 0.05) is 31.5 Å². The fraction of sp³-hybridized carbons (Fsp3) is 0.650. The molecule has 27 heavy (non-hydrogen) atoms. The molecule has 2 atom stereocenters. The lowest BCUT2D eigenvalue weighted by atomic mass is 9.80. The van der Waals surface area contributed by atoms with Gasteiger partial charge in [0.1, 0.15) is 5.78 Å². The summed E-state index contributed by atoms with van der Waals surface area (Å²) in [6.45, 7) is 4.43. The number of piperidine rings is 1. The van der Waals surface area contributed by atoms with Crippen molar-refractivity contribution in [3.63, 3.8) is 0 Å². The van der Waals surface area contributed by atoms with Crippen LogP contribution in [0.1, 0.15) is 43.9 Å². The molecule has 0 amide bonds. The van der Waals surface area contributed by atoms with Gasteiger partial charge in [-0.3, -0.25) is 9.69 Å². The standard InChI is InChI=1S/C20H26F3NO3/c1-12(2)6-14-10-24-5-4-13-7-19(27-11-20(21,22)23)18(26-3)8-15(13)16(24)9-17(14)25/h7-8,12,14,16H,4-6,9-11H2,1-3H3. The molecule has 2 unspecified atom stereocenters. The number of hydrogen-bond donors (Lipinski definition) is 0. The van der Waals surface area contributed by atoms with Crippen molar-refractivity contribution in [1.29, 1.82) is 0 Å². The zero-order valence-corrected chi connectivity index (χ0v) is 15.9. The quantitative estimate of drug-likeness (QED) is 0.763. The van der Waals surface area contributed by atoms with E-state index in [1.54, 1.807) is 12.1 Å². The minimum atomic E-state index is -4.40. The molecule has 0 saturated carbocycles. The van der Waals surface area contributed by atoms with Gasteiger partial charge in [0.25, 0.3) is 0 Å². The highest BCUT2D eigenvalue weighted by atomic mass is 19.4. The van der Waals surface area contributed by atoms with Crippen molar-refractivity contribution in [1.82, 2.24) is 4.90 Å². The highest BCUT2D eigenvalue weighted by Crippen LogP contribution is 2.42. The Hall–Kier alpha value is -1.76. The molecule has 1 aromatic rings. The molecule has 0 spiro atoms. The summed E-state index contributed by atoms with van der Waals surface area (Å²) < 4.78 is 47.7. The van der Waals surface area contributed by atoms with Crippen LogP contribution >= 0.6 is 0 Å². The average molecular weight is 385 g/mol. The average Bonchev–Trinajstić information content (AvgIpc) is 2.58. The first-order valence-electron chi connectivity index (χ1n) is 9.35. The van der Waals surface area contributed by atoms with Crippen molar-refractivity contribution >= 4 is 5.78 Å². The Bertz CT molecular complexity index is 702. The summed E-state index contributed by atoms with van der Waals surface area (Å²) in [7, 11) is 1.41. The number of ketones is 1. The number of hydrogen-bond acceptors (Lipinski definition) is 4. The number of methoxy groups -OCH3 is 1. The molecule has 0 aliphatic carbocycles. The molecule has 7 heteroatoms. The number of carbonyl (C=O) groups excluding carboxylic acids is 1. The number of nitrogens with zero attached hydrogens (tertiary/aromatic N) is 1. The molecule has 1 saturated heterocycles. The first-order chi connectivity index (χ1) is 12.7. The van der Waals surface area contributed by atoms with Crippen molar-refractivity contribution in [3.05, 3.63) is 23.3 Å². The van der Waals surface area contributed by atoms with E-state index in [0.717, 1.165) is 37.1 Å². The summed E-state index contributed by atoms with van der Waals surface area (Å²) in [6, 6.07) is 3.35. The Morgan fingerprint density at radius 1 is 1.26 bits per heavy atom. The molecule has 2 aliphatic heterocycles. The third kappa shape index (κ3) is 4.57. The predicted octanol–water partition coefficient (Wildman–Crippen LogP) is 4.17. The highest BCUT2D eigenvalue weighted by Gasteiger charge is 2.38. The molecule has 2 heterocycles. The third-order valence-corrected chi connectivity index (χ3v) is 5.35. The second-order valence-electron chi connectivity index (χ2n) is 7.86. The molecular weight excluding hydrogens is 359 g/mol. The van der Waals surface area contributed by atoms with Crippen molar-refractivity contribution in [2.24, 2.45) is 11.8 Å². The van der Waals surface area contributed by atoms with Crippen LogP contribution in [-0.2, 0) is 11.2 Å². The lowest BCUT2D eigenvalue weighted by molar-refractivity contribution is -0.153. The monoisotopic (exact) mass is 385 g/mol. The van der Waals surface area contributed by atoms with E-state index in [0.29, 0.717) is 12.3 Å². The highest BCUT2D eigenvalue weighted by molar-refractivity contribution is 5.83. The van der Waals surface area contributed by atoms with Crippen LogP contribution in [0.15, 0.2) is 12.1 Å². The summed E-state index contributed by atoms with van der Waals surface area (Å²) in [4.78, 5) is 14.9. The fourth-order valence-corrected chi connectivity index (χ4v) is 4.17. The Morgan fingerprint density at radius 3 is 2.63 bits per heavy atom. The number of ether oxygens (including phenoxy) is 2. The number of fused-ring (bicyclic) bond motifs is 3. The van der Waals surface area contributed by atoms with Crippen LogP contribution < -0.4 is 9.47 Å². The molecule has 150 valence electrons. The number of carbonyl (C=O) groups is 1. The third-order valence-electron chi connectivity index (χ3n) is 5.35.